The van der Waals surface area contributed by atoms with Crippen molar-refractivity contribution in [2.75, 3.05) is 6.54 Å². The minimum Gasteiger partial charge on any atom is -0.507 e. The van der Waals surface area contributed by atoms with E-state index in [1.54, 1.807) is 24.3 Å². The maximum absolute atomic E-state index is 12.8. The fraction of sp³-hybridized carbons (Fsp3) is 0.261. The van der Waals surface area contributed by atoms with Crippen molar-refractivity contribution >= 4 is 35.0 Å². The lowest BCUT2D eigenvalue weighted by Crippen LogP contribution is -2.30. The van der Waals surface area contributed by atoms with Crippen molar-refractivity contribution in [1.29, 1.82) is 0 Å². The van der Waals surface area contributed by atoms with Gasteiger partial charge in [0, 0.05) is 23.6 Å². The summed E-state index contributed by atoms with van der Waals surface area (Å²) in [5.74, 6) is -2.51. The third-order valence-corrected chi connectivity index (χ3v) is 5.31. The third kappa shape index (κ3) is 4.71. The number of benzene rings is 2. The van der Waals surface area contributed by atoms with Gasteiger partial charge in [-0.3, -0.25) is 14.4 Å². The molecular weight excluding hydrogens is 406 g/mol. The van der Waals surface area contributed by atoms with Crippen molar-refractivity contribution in [3.05, 3.63) is 76.3 Å². The van der Waals surface area contributed by atoms with Crippen LogP contribution in [0.3, 0.4) is 0 Å². The lowest BCUT2D eigenvalue weighted by molar-refractivity contribution is -0.140. The van der Waals surface area contributed by atoms with Crippen LogP contribution in [0.15, 0.2) is 60.2 Å². The first-order chi connectivity index (χ1) is 14.4. The van der Waals surface area contributed by atoms with E-state index in [9.17, 15) is 19.5 Å². The van der Waals surface area contributed by atoms with Crippen LogP contribution in [-0.2, 0) is 14.4 Å². The molecule has 7 heteroatoms. The monoisotopic (exact) mass is 427 g/mol. The van der Waals surface area contributed by atoms with Crippen LogP contribution >= 0.6 is 11.6 Å². The van der Waals surface area contributed by atoms with Gasteiger partial charge in [-0.25, -0.2) is 0 Å². The van der Waals surface area contributed by atoms with Gasteiger partial charge in [0.25, 0.3) is 11.7 Å². The molecule has 1 fully saturated rings. The van der Waals surface area contributed by atoms with Gasteiger partial charge in [0.1, 0.15) is 5.76 Å². The molecule has 1 amide bonds. The number of halogens is 1. The molecule has 0 aliphatic carbocycles. The topological polar surface area (TPSA) is 94.9 Å². The van der Waals surface area contributed by atoms with Crippen LogP contribution in [0.2, 0.25) is 5.02 Å². The summed E-state index contributed by atoms with van der Waals surface area (Å²) in [5.41, 5.74) is 1.16. The average Bonchev–Trinajstić information content (AvgIpc) is 2.99. The molecule has 156 valence electrons. The van der Waals surface area contributed by atoms with Crippen LogP contribution in [0.1, 0.15) is 42.9 Å². The number of nitrogens with zero attached hydrogens (tertiary/aromatic N) is 1. The molecule has 1 unspecified atom stereocenters. The smallest absolute Gasteiger partial charge is 0.303 e. The number of carboxylic acids is 1. The molecule has 6 nitrogen and oxygen atoms in total. The lowest BCUT2D eigenvalue weighted by Gasteiger charge is -2.25. The molecule has 0 spiro atoms. The predicted molar refractivity (Wildman–Crippen MR) is 113 cm³/mol. The number of Topliss-reactive ketones (excluding diaryl/α,β-unsaturated/α-hetero) is 1. The second kappa shape index (κ2) is 9.59. The highest BCUT2D eigenvalue weighted by Crippen LogP contribution is 2.39. The van der Waals surface area contributed by atoms with Gasteiger partial charge >= 0.3 is 5.97 Å². The Morgan fingerprint density at radius 1 is 0.933 bits per heavy atom. The number of ketones is 1. The molecule has 2 aromatic rings. The molecule has 1 aliphatic heterocycles. The third-order valence-electron chi connectivity index (χ3n) is 5.06. The molecule has 1 atom stereocenters. The van der Waals surface area contributed by atoms with E-state index in [0.717, 1.165) is 5.56 Å². The summed E-state index contributed by atoms with van der Waals surface area (Å²) in [6, 6.07) is 14.8. The number of hydrogen-bond acceptors (Lipinski definition) is 4. The van der Waals surface area contributed by atoms with E-state index < -0.39 is 23.7 Å². The predicted octanol–water partition coefficient (Wildman–Crippen LogP) is 4.41. The van der Waals surface area contributed by atoms with Crippen LogP contribution in [0, 0.1) is 0 Å². The first-order valence-electron chi connectivity index (χ1n) is 9.71. The standard InChI is InChI=1S/C23H22ClNO5/c24-17-12-10-16(11-13-17)21(28)19-20(15-7-3-1-4-8-15)25(23(30)22(19)29)14-6-2-5-9-18(26)27/h1,3-4,7-8,10-13,20,28H,2,5-6,9,14H2,(H,26,27)/b21-19-. The van der Waals surface area contributed by atoms with Crippen molar-refractivity contribution in [3.8, 4) is 0 Å². The second-order valence-electron chi connectivity index (χ2n) is 7.11. The molecule has 2 aromatic carbocycles. The van der Waals surface area contributed by atoms with Crippen molar-refractivity contribution in [3.63, 3.8) is 0 Å². The highest BCUT2D eigenvalue weighted by Gasteiger charge is 2.45. The van der Waals surface area contributed by atoms with Crippen LogP contribution in [0.25, 0.3) is 5.76 Å². The van der Waals surface area contributed by atoms with Gasteiger partial charge in [-0.1, -0.05) is 48.4 Å². The number of likely N-dealkylation sites (tertiary alicyclic amines) is 1. The minimum atomic E-state index is -0.859. The summed E-state index contributed by atoms with van der Waals surface area (Å²) in [6.07, 6.45) is 1.75. The molecule has 0 aromatic heterocycles. The summed E-state index contributed by atoms with van der Waals surface area (Å²) in [5, 5.41) is 20.1. The van der Waals surface area contributed by atoms with E-state index in [1.165, 1.54) is 4.90 Å². The number of carbonyl (C=O) groups excluding carboxylic acids is 2. The number of amides is 1. The van der Waals surface area contributed by atoms with Gasteiger partial charge in [-0.05, 0) is 42.7 Å². The zero-order valence-electron chi connectivity index (χ0n) is 16.3. The number of aliphatic carboxylic acids is 1. The minimum absolute atomic E-state index is 0.0408. The SMILES string of the molecule is O=C(O)CCCCCN1C(=O)C(=O)/C(=C(\O)c2ccc(Cl)cc2)C1c1ccccc1. The number of hydrogen-bond donors (Lipinski definition) is 2. The van der Waals surface area contributed by atoms with E-state index in [1.807, 2.05) is 30.3 Å². The van der Waals surface area contributed by atoms with E-state index in [4.69, 9.17) is 16.7 Å². The van der Waals surface area contributed by atoms with Crippen molar-refractivity contribution < 1.29 is 24.6 Å². The highest BCUT2D eigenvalue weighted by atomic mass is 35.5. The van der Waals surface area contributed by atoms with Crippen molar-refractivity contribution in [2.24, 2.45) is 0 Å². The summed E-state index contributed by atoms with van der Waals surface area (Å²) >= 11 is 5.91. The Labute approximate surface area is 179 Å². The van der Waals surface area contributed by atoms with Crippen LogP contribution in [0.4, 0.5) is 0 Å². The second-order valence-corrected chi connectivity index (χ2v) is 7.55. The Kier molecular flexibility index (Phi) is 6.90. The average molecular weight is 428 g/mol. The van der Waals surface area contributed by atoms with Gasteiger partial charge in [-0.15, -0.1) is 0 Å². The van der Waals surface area contributed by atoms with Gasteiger partial charge < -0.3 is 15.1 Å². The van der Waals surface area contributed by atoms with Gasteiger partial charge in [0.15, 0.2) is 0 Å². The Morgan fingerprint density at radius 3 is 2.23 bits per heavy atom. The zero-order valence-corrected chi connectivity index (χ0v) is 17.0. The molecule has 0 saturated carbocycles. The quantitative estimate of drug-likeness (QED) is 0.281. The fourth-order valence-corrected chi connectivity index (χ4v) is 3.72. The Balaban J connectivity index is 1.94. The fourth-order valence-electron chi connectivity index (χ4n) is 3.59. The summed E-state index contributed by atoms with van der Waals surface area (Å²) in [7, 11) is 0. The molecule has 0 bridgehead atoms. The molecule has 1 heterocycles. The van der Waals surface area contributed by atoms with Crippen LogP contribution < -0.4 is 0 Å². The molecule has 30 heavy (non-hydrogen) atoms. The Bertz CT molecular complexity index is 969. The number of carboxylic acid groups (broad SMARTS) is 1. The zero-order chi connectivity index (χ0) is 21.7. The largest absolute Gasteiger partial charge is 0.507 e. The van der Waals surface area contributed by atoms with E-state index >= 15 is 0 Å². The van der Waals surface area contributed by atoms with Gasteiger partial charge in [0.2, 0.25) is 0 Å². The van der Waals surface area contributed by atoms with Crippen LogP contribution in [-0.4, -0.2) is 39.3 Å². The van der Waals surface area contributed by atoms with Crippen molar-refractivity contribution in [1.82, 2.24) is 4.90 Å². The molecular formula is C23H22ClNO5. The Hall–Kier alpha value is -3.12. The van der Waals surface area contributed by atoms with Crippen molar-refractivity contribution in [2.45, 2.75) is 31.7 Å². The van der Waals surface area contributed by atoms with Gasteiger partial charge in [0.05, 0.1) is 11.6 Å². The molecule has 1 aliphatic rings. The van der Waals surface area contributed by atoms with E-state index in [-0.39, 0.29) is 17.8 Å². The number of aliphatic hydroxyl groups excluding tert-OH is 1. The summed E-state index contributed by atoms with van der Waals surface area (Å²) in [4.78, 5) is 37.8. The summed E-state index contributed by atoms with van der Waals surface area (Å²) < 4.78 is 0. The molecule has 0 radical (unpaired) electrons. The first-order valence-corrected chi connectivity index (χ1v) is 10.1. The number of unbranched alkanes of at least 4 members (excludes halogenated alkanes) is 2. The normalized spacial score (nSPS) is 18.0. The Morgan fingerprint density at radius 2 is 1.60 bits per heavy atom. The lowest BCUT2D eigenvalue weighted by atomic mass is 9.95. The van der Waals surface area contributed by atoms with E-state index in [2.05, 4.69) is 0 Å². The molecule has 2 N–H and O–H groups in total. The highest BCUT2D eigenvalue weighted by molar-refractivity contribution is 6.46. The number of rotatable bonds is 8. The maximum atomic E-state index is 12.8. The van der Waals surface area contributed by atoms with Crippen LogP contribution in [0.5, 0.6) is 0 Å². The molecule has 3 rings (SSSR count). The van der Waals surface area contributed by atoms with E-state index in [0.29, 0.717) is 36.4 Å². The number of aliphatic hydroxyl groups is 1. The van der Waals surface area contributed by atoms with Gasteiger partial charge in [-0.2, -0.15) is 0 Å². The first kappa shape index (κ1) is 21.6. The molecule has 1 saturated heterocycles. The number of carbonyl (C=O) groups is 3. The summed E-state index contributed by atoms with van der Waals surface area (Å²) in [6.45, 7) is 0.293. The maximum Gasteiger partial charge on any atom is 0.303 e.